The monoisotopic (exact) mass is 776 g/mol. The van der Waals surface area contributed by atoms with Crippen LogP contribution in [0.25, 0.3) is 11.2 Å². The highest BCUT2D eigenvalue weighted by atomic mass is 16.6. The first-order valence-electron chi connectivity index (χ1n) is 17.9. The molecule has 2 aromatic heterocycles. The van der Waals surface area contributed by atoms with Gasteiger partial charge >= 0.3 is 6.09 Å². The van der Waals surface area contributed by atoms with Gasteiger partial charge in [-0.3, -0.25) is 20.0 Å². The Balaban J connectivity index is 1.11. The summed E-state index contributed by atoms with van der Waals surface area (Å²) < 4.78 is 37.2. The summed E-state index contributed by atoms with van der Waals surface area (Å²) >= 11 is 0. The van der Waals surface area contributed by atoms with Crippen LogP contribution in [0.2, 0.25) is 0 Å². The van der Waals surface area contributed by atoms with Crippen molar-refractivity contribution in [3.05, 3.63) is 148 Å². The molecular formula is C41H40N6O10. The Morgan fingerprint density at radius 2 is 1.51 bits per heavy atom. The minimum Gasteiger partial charge on any atom is -0.497 e. The third-order valence-electron chi connectivity index (χ3n) is 9.85. The van der Waals surface area contributed by atoms with Gasteiger partial charge in [0, 0.05) is 25.7 Å². The molecule has 0 aliphatic carbocycles. The molecule has 1 saturated heterocycles. The van der Waals surface area contributed by atoms with E-state index in [2.05, 4.69) is 20.3 Å². The second kappa shape index (κ2) is 17.1. The number of methoxy groups -OCH3 is 3. The molecule has 0 spiro atoms. The van der Waals surface area contributed by atoms with Crippen LogP contribution in [0.3, 0.4) is 0 Å². The van der Waals surface area contributed by atoms with Crippen LogP contribution in [0.15, 0.2) is 116 Å². The molecule has 2 N–H and O–H groups in total. The summed E-state index contributed by atoms with van der Waals surface area (Å²) in [5.74, 6) is 1.46. The van der Waals surface area contributed by atoms with Gasteiger partial charge in [0.1, 0.15) is 41.7 Å². The highest BCUT2D eigenvalue weighted by Gasteiger charge is 2.48. The Hall–Kier alpha value is -6.46. The first-order valence-corrected chi connectivity index (χ1v) is 17.9. The molecule has 6 aromatic rings. The number of hydrogen-bond acceptors (Lipinski definition) is 13. The number of rotatable bonds is 15. The predicted octanol–water partition coefficient (Wildman–Crippen LogP) is 5.82. The van der Waals surface area contributed by atoms with Crippen molar-refractivity contribution in [1.29, 1.82) is 0 Å². The van der Waals surface area contributed by atoms with E-state index in [1.807, 2.05) is 78.9 Å². The van der Waals surface area contributed by atoms with E-state index in [9.17, 15) is 20.0 Å². The quantitative estimate of drug-likeness (QED) is 0.0721. The maximum absolute atomic E-state index is 12.7. The number of aliphatic hydroxyl groups is 1. The number of benzene rings is 4. The van der Waals surface area contributed by atoms with Crippen molar-refractivity contribution >= 4 is 28.8 Å². The van der Waals surface area contributed by atoms with Gasteiger partial charge in [0.05, 0.1) is 38.7 Å². The van der Waals surface area contributed by atoms with Crippen LogP contribution in [0.1, 0.15) is 28.5 Å². The van der Waals surface area contributed by atoms with Crippen LogP contribution in [-0.4, -0.2) is 88.5 Å². The minimum absolute atomic E-state index is 0.0155. The number of ether oxygens (including phenoxy) is 6. The van der Waals surface area contributed by atoms with Gasteiger partial charge in [0.15, 0.2) is 23.2 Å². The van der Waals surface area contributed by atoms with E-state index >= 15 is 0 Å². The van der Waals surface area contributed by atoms with E-state index < -0.39 is 41.2 Å². The molecule has 294 valence electrons. The standard InChI is InChI=1S/C41H40N6O10/c1-52-31-17-11-28(12-18-31)41(27-7-5-4-6-8-27,29-13-19-32(53-2)20-14-29)56-23-33-35(48)36(54-3)39(57-33)46-25-44-34-37(42-24-43-38(34)46)45-40(49)55-22-21-26-9-15-30(16-10-26)47(50)51/h4-20,24-25,33,35-36,39,48H,21-23H2,1-3H3,(H,42,43,45,49)/t33-,35-,36-,39-/m1/s1. The first kappa shape index (κ1) is 38.8. The normalized spacial score (nSPS) is 18.0. The van der Waals surface area contributed by atoms with Crippen molar-refractivity contribution in [2.75, 3.05) is 39.9 Å². The summed E-state index contributed by atoms with van der Waals surface area (Å²) in [6.07, 6.45) is -1.46. The van der Waals surface area contributed by atoms with Crippen molar-refractivity contribution in [2.45, 2.75) is 36.6 Å². The zero-order chi connectivity index (χ0) is 39.9. The number of hydrogen-bond donors (Lipinski definition) is 2. The van der Waals surface area contributed by atoms with E-state index in [1.165, 1.54) is 31.9 Å². The summed E-state index contributed by atoms with van der Waals surface area (Å²) in [6.45, 7) is -0.0494. The van der Waals surface area contributed by atoms with Gasteiger partial charge in [0.25, 0.3) is 5.69 Å². The number of anilines is 1. The second-order valence-electron chi connectivity index (χ2n) is 13.1. The number of imidazole rings is 1. The SMILES string of the molecule is COc1ccc(C(OC[C@H]2O[C@@H](n3cnc4c(NC(=O)OCCc5ccc([N+](=O)[O-])cc5)ncnc43)[C@H](OC)[C@@H]2O)(c2ccccc2)c2ccc(OC)cc2)cc1. The van der Waals surface area contributed by atoms with Crippen molar-refractivity contribution in [1.82, 2.24) is 19.5 Å². The van der Waals surface area contributed by atoms with Crippen molar-refractivity contribution in [3.8, 4) is 11.5 Å². The Morgan fingerprint density at radius 1 is 0.877 bits per heavy atom. The fourth-order valence-electron chi connectivity index (χ4n) is 6.92. The number of non-ortho nitro benzene ring substituents is 1. The Kier molecular flexibility index (Phi) is 11.7. The lowest BCUT2D eigenvalue weighted by Crippen LogP contribution is -2.40. The molecule has 57 heavy (non-hydrogen) atoms. The molecule has 1 aliphatic rings. The average molecular weight is 777 g/mol. The maximum Gasteiger partial charge on any atom is 0.412 e. The van der Waals surface area contributed by atoms with E-state index in [0.717, 1.165) is 22.3 Å². The van der Waals surface area contributed by atoms with Crippen molar-refractivity contribution < 1.29 is 43.2 Å². The number of nitrogens with one attached hydrogen (secondary N) is 1. The average Bonchev–Trinajstić information content (AvgIpc) is 3.82. The summed E-state index contributed by atoms with van der Waals surface area (Å²) in [4.78, 5) is 36.2. The minimum atomic E-state index is -1.16. The van der Waals surface area contributed by atoms with E-state index in [-0.39, 0.29) is 30.2 Å². The number of nitro benzene ring substituents is 1. The smallest absolute Gasteiger partial charge is 0.412 e. The summed E-state index contributed by atoms with van der Waals surface area (Å²) in [5, 5.41) is 25.2. The van der Waals surface area contributed by atoms with Crippen LogP contribution < -0.4 is 14.8 Å². The van der Waals surface area contributed by atoms with Gasteiger partial charge < -0.3 is 33.5 Å². The third kappa shape index (κ3) is 7.97. The molecule has 7 rings (SSSR count). The van der Waals surface area contributed by atoms with E-state index in [4.69, 9.17) is 28.4 Å². The third-order valence-corrected chi connectivity index (χ3v) is 9.85. The Bertz CT molecular complexity index is 2240. The second-order valence-corrected chi connectivity index (χ2v) is 13.1. The fraction of sp³-hybridized carbons (Fsp3) is 0.268. The molecule has 1 amide bonds. The molecule has 4 atom stereocenters. The number of aliphatic hydroxyl groups excluding tert-OH is 1. The zero-order valence-corrected chi connectivity index (χ0v) is 31.3. The van der Waals surface area contributed by atoms with Crippen LogP contribution in [0.4, 0.5) is 16.3 Å². The van der Waals surface area contributed by atoms with Gasteiger partial charge in [-0.15, -0.1) is 0 Å². The van der Waals surface area contributed by atoms with Crippen LogP contribution in [-0.2, 0) is 31.0 Å². The molecule has 0 radical (unpaired) electrons. The molecule has 16 heteroatoms. The number of nitrogens with zero attached hydrogens (tertiary/aromatic N) is 5. The molecule has 16 nitrogen and oxygen atoms in total. The van der Waals surface area contributed by atoms with Gasteiger partial charge in [-0.2, -0.15) is 0 Å². The number of amides is 1. The molecular weight excluding hydrogens is 736 g/mol. The predicted molar refractivity (Wildman–Crippen MR) is 206 cm³/mol. The first-order chi connectivity index (χ1) is 27.7. The maximum atomic E-state index is 12.7. The lowest BCUT2D eigenvalue weighted by Gasteiger charge is -2.37. The highest BCUT2D eigenvalue weighted by molar-refractivity contribution is 5.93. The van der Waals surface area contributed by atoms with Gasteiger partial charge in [0.2, 0.25) is 0 Å². The van der Waals surface area contributed by atoms with Gasteiger partial charge in [-0.05, 0) is 46.5 Å². The number of carbonyl (C=O) groups is 1. The molecule has 1 fully saturated rings. The van der Waals surface area contributed by atoms with Crippen molar-refractivity contribution in [3.63, 3.8) is 0 Å². The summed E-state index contributed by atoms with van der Waals surface area (Å²) in [5.41, 5.74) is 2.61. The van der Waals surface area contributed by atoms with Crippen LogP contribution in [0, 0.1) is 10.1 Å². The van der Waals surface area contributed by atoms with Crippen molar-refractivity contribution in [2.24, 2.45) is 0 Å². The molecule has 1 aliphatic heterocycles. The lowest BCUT2D eigenvalue weighted by atomic mass is 9.80. The summed E-state index contributed by atoms with van der Waals surface area (Å²) in [6, 6.07) is 31.0. The molecule has 4 aromatic carbocycles. The molecule has 0 unspecified atom stereocenters. The van der Waals surface area contributed by atoms with Crippen LogP contribution in [0.5, 0.6) is 11.5 Å². The molecule has 0 bridgehead atoms. The number of aromatic nitrogens is 4. The number of nitro groups is 1. The number of carbonyl (C=O) groups excluding carboxylic acids is 1. The van der Waals surface area contributed by atoms with E-state index in [1.54, 1.807) is 30.9 Å². The zero-order valence-electron chi connectivity index (χ0n) is 31.3. The van der Waals surface area contributed by atoms with Gasteiger partial charge in [-0.25, -0.2) is 19.7 Å². The highest BCUT2D eigenvalue weighted by Crippen LogP contribution is 2.43. The Labute approximate surface area is 327 Å². The van der Waals surface area contributed by atoms with Gasteiger partial charge in [-0.1, -0.05) is 66.7 Å². The molecule has 3 heterocycles. The fourth-order valence-corrected chi connectivity index (χ4v) is 6.92. The largest absolute Gasteiger partial charge is 0.497 e. The number of fused-ring (bicyclic) bond motifs is 1. The molecule has 0 saturated carbocycles. The Morgan fingerprint density at radius 3 is 2.11 bits per heavy atom. The lowest BCUT2D eigenvalue weighted by molar-refractivity contribution is -0.384. The van der Waals surface area contributed by atoms with Crippen LogP contribution >= 0.6 is 0 Å². The summed E-state index contributed by atoms with van der Waals surface area (Å²) in [7, 11) is 4.69. The van der Waals surface area contributed by atoms with E-state index in [0.29, 0.717) is 23.6 Å². The topological polar surface area (TPSA) is 191 Å².